The summed E-state index contributed by atoms with van der Waals surface area (Å²) in [6, 6.07) is 0. The topological polar surface area (TPSA) is 50.8 Å². The molecule has 2 aliphatic heterocycles. The second kappa shape index (κ2) is 6.15. The van der Waals surface area contributed by atoms with Gasteiger partial charge in [0.1, 0.15) is 0 Å². The van der Waals surface area contributed by atoms with Gasteiger partial charge in [-0.05, 0) is 43.9 Å². The number of hydrogen-bond acceptors (Lipinski definition) is 4. The van der Waals surface area contributed by atoms with Crippen LogP contribution in [-0.2, 0) is 4.74 Å². The van der Waals surface area contributed by atoms with Crippen LogP contribution >= 0.6 is 0 Å². The molecule has 120 valence electrons. The Morgan fingerprint density at radius 2 is 2.14 bits per heavy atom. The molecule has 21 heavy (non-hydrogen) atoms. The molecule has 0 amide bonds. The van der Waals surface area contributed by atoms with Crippen LogP contribution in [-0.4, -0.2) is 42.2 Å². The number of hydrogen-bond donors (Lipinski definition) is 1. The van der Waals surface area contributed by atoms with Gasteiger partial charge in [-0.1, -0.05) is 26.7 Å². The standard InChI is InChI=1S/C17H31N3O/c1-13(2)14-5-3-8-17(9-7-14)12-19-16(18)20(17)11-15-6-4-10-21-15/h13-15H,3-12H2,1-2H3,(H2,18,19). The summed E-state index contributed by atoms with van der Waals surface area (Å²) in [6.45, 7) is 7.49. The summed E-state index contributed by atoms with van der Waals surface area (Å²) in [6.07, 6.45) is 9.22. The average Bonchev–Trinajstić information content (AvgIpc) is 2.99. The molecule has 3 aliphatic rings. The Morgan fingerprint density at radius 3 is 2.86 bits per heavy atom. The summed E-state index contributed by atoms with van der Waals surface area (Å²) in [7, 11) is 0. The number of rotatable bonds is 3. The third-order valence-corrected chi connectivity index (χ3v) is 5.94. The molecule has 2 heterocycles. The van der Waals surface area contributed by atoms with Crippen molar-refractivity contribution < 1.29 is 4.74 Å². The van der Waals surface area contributed by atoms with Gasteiger partial charge in [0.05, 0.1) is 18.2 Å². The van der Waals surface area contributed by atoms with E-state index in [4.69, 9.17) is 10.5 Å². The summed E-state index contributed by atoms with van der Waals surface area (Å²) >= 11 is 0. The fourth-order valence-corrected chi connectivity index (χ4v) is 4.43. The second-order valence-corrected chi connectivity index (χ2v) is 7.58. The molecule has 0 radical (unpaired) electrons. The number of nitrogens with zero attached hydrogens (tertiary/aromatic N) is 2. The largest absolute Gasteiger partial charge is 0.376 e. The minimum absolute atomic E-state index is 0.194. The molecule has 1 spiro atoms. The van der Waals surface area contributed by atoms with Crippen LogP contribution in [0.15, 0.2) is 4.99 Å². The van der Waals surface area contributed by atoms with Crippen LogP contribution in [0.2, 0.25) is 0 Å². The lowest BCUT2D eigenvalue weighted by Gasteiger charge is -2.40. The van der Waals surface area contributed by atoms with E-state index < -0.39 is 0 Å². The van der Waals surface area contributed by atoms with E-state index in [1.807, 2.05) is 0 Å². The SMILES string of the molecule is CC(C)C1CCCC2(CC1)CN=C(N)N2CC1CCCO1. The zero-order valence-corrected chi connectivity index (χ0v) is 13.7. The van der Waals surface area contributed by atoms with E-state index in [0.717, 1.165) is 37.5 Å². The minimum Gasteiger partial charge on any atom is -0.376 e. The monoisotopic (exact) mass is 293 g/mol. The Morgan fingerprint density at radius 1 is 1.29 bits per heavy atom. The van der Waals surface area contributed by atoms with Gasteiger partial charge in [0.2, 0.25) is 0 Å². The van der Waals surface area contributed by atoms with Gasteiger partial charge >= 0.3 is 0 Å². The first kappa shape index (κ1) is 15.1. The maximum atomic E-state index is 6.23. The molecule has 0 aromatic rings. The maximum absolute atomic E-state index is 6.23. The average molecular weight is 293 g/mol. The highest BCUT2D eigenvalue weighted by Crippen LogP contribution is 2.40. The highest BCUT2D eigenvalue weighted by Gasteiger charge is 2.44. The molecule has 4 nitrogen and oxygen atoms in total. The van der Waals surface area contributed by atoms with E-state index in [1.54, 1.807) is 0 Å². The predicted molar refractivity (Wildman–Crippen MR) is 86.3 cm³/mol. The van der Waals surface area contributed by atoms with Crippen LogP contribution in [0.25, 0.3) is 0 Å². The molecule has 4 heteroatoms. The second-order valence-electron chi connectivity index (χ2n) is 7.58. The Bertz CT molecular complexity index is 389. The van der Waals surface area contributed by atoms with E-state index >= 15 is 0 Å². The quantitative estimate of drug-likeness (QED) is 0.870. The van der Waals surface area contributed by atoms with Crippen molar-refractivity contribution in [2.24, 2.45) is 22.6 Å². The van der Waals surface area contributed by atoms with Gasteiger partial charge in [-0.25, -0.2) is 0 Å². The Balaban J connectivity index is 1.69. The molecule has 3 unspecified atom stereocenters. The van der Waals surface area contributed by atoms with Crippen LogP contribution in [0.4, 0.5) is 0 Å². The van der Waals surface area contributed by atoms with Gasteiger partial charge in [-0.15, -0.1) is 0 Å². The first-order chi connectivity index (χ1) is 10.1. The highest BCUT2D eigenvalue weighted by atomic mass is 16.5. The molecule has 0 aromatic carbocycles. The third-order valence-electron chi connectivity index (χ3n) is 5.94. The number of guanidine groups is 1. The molecule has 3 atom stereocenters. The van der Waals surface area contributed by atoms with Crippen molar-refractivity contribution in [1.82, 2.24) is 4.90 Å². The first-order valence-corrected chi connectivity index (χ1v) is 8.80. The molecule has 1 aliphatic carbocycles. The van der Waals surface area contributed by atoms with Crippen LogP contribution < -0.4 is 5.73 Å². The van der Waals surface area contributed by atoms with Gasteiger partial charge in [-0.2, -0.15) is 0 Å². The molecule has 1 saturated heterocycles. The van der Waals surface area contributed by atoms with Gasteiger partial charge in [0, 0.05) is 13.2 Å². The van der Waals surface area contributed by atoms with Crippen molar-refractivity contribution in [2.75, 3.05) is 19.7 Å². The van der Waals surface area contributed by atoms with Gasteiger partial charge < -0.3 is 15.4 Å². The molecule has 0 bridgehead atoms. The molecular weight excluding hydrogens is 262 g/mol. The van der Waals surface area contributed by atoms with Gasteiger partial charge in [-0.3, -0.25) is 4.99 Å². The summed E-state index contributed by atoms with van der Waals surface area (Å²) in [5.74, 6) is 2.43. The fourth-order valence-electron chi connectivity index (χ4n) is 4.43. The summed E-state index contributed by atoms with van der Waals surface area (Å²) < 4.78 is 5.84. The number of ether oxygens (including phenoxy) is 1. The minimum atomic E-state index is 0.194. The first-order valence-electron chi connectivity index (χ1n) is 8.80. The molecule has 2 fully saturated rings. The summed E-state index contributed by atoms with van der Waals surface area (Å²) in [5.41, 5.74) is 6.42. The van der Waals surface area contributed by atoms with Crippen molar-refractivity contribution in [3.05, 3.63) is 0 Å². The number of nitrogens with two attached hydrogens (primary N) is 1. The molecule has 0 aromatic heterocycles. The van der Waals surface area contributed by atoms with Gasteiger partial charge in [0.25, 0.3) is 0 Å². The zero-order chi connectivity index (χ0) is 14.9. The lowest BCUT2D eigenvalue weighted by molar-refractivity contribution is 0.0601. The Hall–Kier alpha value is -0.770. The number of aliphatic imine (C=N–C) groups is 1. The lowest BCUT2D eigenvalue weighted by Crippen LogP contribution is -2.53. The maximum Gasteiger partial charge on any atom is 0.191 e. The molecule has 3 rings (SSSR count). The van der Waals surface area contributed by atoms with E-state index in [1.165, 1.54) is 44.9 Å². The van der Waals surface area contributed by atoms with Crippen LogP contribution in [0.1, 0.15) is 58.8 Å². The van der Waals surface area contributed by atoms with Crippen molar-refractivity contribution in [3.63, 3.8) is 0 Å². The van der Waals surface area contributed by atoms with Crippen LogP contribution in [0, 0.1) is 11.8 Å². The van der Waals surface area contributed by atoms with Crippen molar-refractivity contribution in [1.29, 1.82) is 0 Å². The Kier molecular flexibility index (Phi) is 4.43. The molecular formula is C17H31N3O. The van der Waals surface area contributed by atoms with Crippen molar-refractivity contribution in [2.45, 2.75) is 70.4 Å². The van der Waals surface area contributed by atoms with Gasteiger partial charge in [0.15, 0.2) is 5.96 Å². The molecule has 1 saturated carbocycles. The smallest absolute Gasteiger partial charge is 0.191 e. The van der Waals surface area contributed by atoms with Crippen molar-refractivity contribution in [3.8, 4) is 0 Å². The summed E-state index contributed by atoms with van der Waals surface area (Å²) in [4.78, 5) is 7.02. The highest BCUT2D eigenvalue weighted by molar-refractivity contribution is 5.81. The summed E-state index contributed by atoms with van der Waals surface area (Å²) in [5, 5.41) is 0. The zero-order valence-electron chi connectivity index (χ0n) is 13.7. The third kappa shape index (κ3) is 3.05. The molecule has 2 N–H and O–H groups in total. The van der Waals surface area contributed by atoms with E-state index in [-0.39, 0.29) is 5.54 Å². The Labute approximate surface area is 129 Å². The van der Waals surface area contributed by atoms with E-state index in [2.05, 4.69) is 23.7 Å². The van der Waals surface area contributed by atoms with Crippen LogP contribution in [0.5, 0.6) is 0 Å². The van der Waals surface area contributed by atoms with E-state index in [9.17, 15) is 0 Å². The van der Waals surface area contributed by atoms with Crippen LogP contribution in [0.3, 0.4) is 0 Å². The normalized spacial score (nSPS) is 37.3. The lowest BCUT2D eigenvalue weighted by atomic mass is 9.86. The van der Waals surface area contributed by atoms with E-state index in [0.29, 0.717) is 6.10 Å². The van der Waals surface area contributed by atoms with Crippen molar-refractivity contribution >= 4 is 5.96 Å². The predicted octanol–water partition coefficient (Wildman–Crippen LogP) is 2.77. The fraction of sp³-hybridized carbons (Fsp3) is 0.941.